The topological polar surface area (TPSA) is 214 Å². The van der Waals surface area contributed by atoms with Crippen molar-refractivity contribution in [1.82, 2.24) is 49.0 Å². The molecule has 0 radical (unpaired) electrons. The van der Waals surface area contributed by atoms with Crippen molar-refractivity contribution in [2.75, 3.05) is 47.8 Å². The number of piperazine rings is 1. The largest absolute Gasteiger partial charge is 0.366 e. The van der Waals surface area contributed by atoms with Crippen LogP contribution in [0.3, 0.4) is 0 Å². The highest BCUT2D eigenvalue weighted by molar-refractivity contribution is 7.90. The highest BCUT2D eigenvalue weighted by Crippen LogP contribution is 2.38. The Kier molecular flexibility index (Phi) is 9.78. The van der Waals surface area contributed by atoms with Crippen molar-refractivity contribution in [2.24, 2.45) is 5.92 Å². The molecule has 332 valence electrons. The molecule has 64 heavy (non-hydrogen) atoms. The fourth-order valence-electron chi connectivity index (χ4n) is 10.2. The predicted octanol–water partition coefficient (Wildman–Crippen LogP) is 3.72. The van der Waals surface area contributed by atoms with E-state index < -0.39 is 39.7 Å². The number of carbonyl (C=O) groups is 4. The molecular formula is C44H49N13O6S. The third-order valence-electron chi connectivity index (χ3n) is 13.8. The average Bonchev–Trinajstić information content (AvgIpc) is 3.84. The summed E-state index contributed by atoms with van der Waals surface area (Å²) >= 11 is 0. The van der Waals surface area contributed by atoms with E-state index in [2.05, 4.69) is 54.2 Å². The first-order chi connectivity index (χ1) is 30.9. The van der Waals surface area contributed by atoms with Crippen molar-refractivity contribution in [3.05, 3.63) is 66.2 Å². The molecule has 4 amide bonds. The van der Waals surface area contributed by atoms with Gasteiger partial charge in [0.1, 0.15) is 17.7 Å². The second kappa shape index (κ2) is 15.5. The number of carbonyl (C=O) groups excluding carboxylic acids is 4. The molecule has 2 N–H and O–H groups in total. The zero-order valence-electron chi connectivity index (χ0n) is 35.6. The summed E-state index contributed by atoms with van der Waals surface area (Å²) in [6.07, 6.45) is 12.2. The predicted molar refractivity (Wildman–Crippen MR) is 236 cm³/mol. The van der Waals surface area contributed by atoms with Crippen LogP contribution in [0.4, 0.5) is 23.1 Å². The van der Waals surface area contributed by atoms with Gasteiger partial charge in [-0.1, -0.05) is 0 Å². The van der Waals surface area contributed by atoms with Gasteiger partial charge in [-0.05, 0) is 89.0 Å². The molecule has 5 aromatic rings. The average molecular weight is 888 g/mol. The minimum atomic E-state index is -3.50. The number of aromatic nitrogens is 7. The van der Waals surface area contributed by atoms with Crippen molar-refractivity contribution in [3.8, 4) is 11.4 Å². The molecule has 5 saturated heterocycles. The SMILES string of the molecule is CC(C)n1nc(N2CCC(CN3CC4CCC3CN4c3ccc4c(c3)C(=O)N(C3CCC(=O)NC3=O)C4=O)CC2)c2cnc(Nc3ccnc(-c4cnn(S(=O)(=O)C5CC5)c4)n3)cc21. The Labute approximate surface area is 369 Å². The van der Waals surface area contributed by atoms with Gasteiger partial charge in [0.05, 0.1) is 45.2 Å². The highest BCUT2D eigenvalue weighted by atomic mass is 32.2. The molecule has 4 aromatic heterocycles. The summed E-state index contributed by atoms with van der Waals surface area (Å²) in [6, 6.07) is 9.00. The van der Waals surface area contributed by atoms with Crippen LogP contribution in [0.2, 0.25) is 0 Å². The zero-order chi connectivity index (χ0) is 44.0. The van der Waals surface area contributed by atoms with Crippen LogP contribution in [0, 0.1) is 5.92 Å². The Bertz CT molecular complexity index is 2850. The summed E-state index contributed by atoms with van der Waals surface area (Å²) in [4.78, 5) is 73.4. The number of pyridine rings is 1. The maximum Gasteiger partial charge on any atom is 0.262 e. The van der Waals surface area contributed by atoms with E-state index in [-0.39, 0.29) is 24.1 Å². The number of imide groups is 2. The first kappa shape index (κ1) is 40.5. The monoisotopic (exact) mass is 887 g/mol. The molecule has 1 aromatic carbocycles. The van der Waals surface area contributed by atoms with Gasteiger partial charge in [-0.15, -0.1) is 0 Å². The molecule has 7 aliphatic rings. The lowest BCUT2D eigenvalue weighted by atomic mass is 9.87. The Morgan fingerprint density at radius 1 is 0.859 bits per heavy atom. The van der Waals surface area contributed by atoms with E-state index in [1.165, 1.54) is 12.4 Å². The molecule has 1 saturated carbocycles. The van der Waals surface area contributed by atoms with Crippen LogP contribution in [-0.4, -0.2) is 132 Å². The number of piperidine rings is 4. The molecule has 3 atom stereocenters. The van der Waals surface area contributed by atoms with Gasteiger partial charge in [0, 0.05) is 81.4 Å². The van der Waals surface area contributed by atoms with Crippen LogP contribution in [0.25, 0.3) is 22.3 Å². The number of amides is 4. The van der Waals surface area contributed by atoms with Gasteiger partial charge in [0.15, 0.2) is 11.6 Å². The van der Waals surface area contributed by atoms with E-state index in [4.69, 9.17) is 10.1 Å². The van der Waals surface area contributed by atoms with Crippen molar-refractivity contribution in [3.63, 3.8) is 0 Å². The van der Waals surface area contributed by atoms with Gasteiger partial charge < -0.3 is 15.1 Å². The molecule has 20 heteroatoms. The zero-order valence-corrected chi connectivity index (χ0v) is 36.4. The van der Waals surface area contributed by atoms with Gasteiger partial charge in [0.2, 0.25) is 11.8 Å². The lowest BCUT2D eigenvalue weighted by molar-refractivity contribution is -0.136. The number of benzene rings is 1. The molecule has 0 spiro atoms. The van der Waals surface area contributed by atoms with E-state index >= 15 is 0 Å². The summed E-state index contributed by atoms with van der Waals surface area (Å²) in [5, 5.41) is 15.4. The van der Waals surface area contributed by atoms with E-state index in [1.54, 1.807) is 18.3 Å². The summed E-state index contributed by atoms with van der Waals surface area (Å²) < 4.78 is 28.4. The van der Waals surface area contributed by atoms with Crippen molar-refractivity contribution >= 4 is 67.7 Å². The Hall–Kier alpha value is -6.28. The van der Waals surface area contributed by atoms with Crippen LogP contribution in [-0.2, 0) is 19.6 Å². The molecule has 6 fully saturated rings. The fraction of sp³-hybridized carbons (Fsp3) is 0.477. The van der Waals surface area contributed by atoms with Gasteiger partial charge in [0.25, 0.3) is 21.8 Å². The first-order valence-corrected chi connectivity index (χ1v) is 23.8. The van der Waals surface area contributed by atoms with Gasteiger partial charge in [-0.25, -0.2) is 23.4 Å². The number of anilines is 4. The summed E-state index contributed by atoms with van der Waals surface area (Å²) in [5.74, 6) is 0.994. The number of nitrogens with one attached hydrogen (secondary N) is 2. The second-order valence-corrected chi connectivity index (χ2v) is 20.4. The maximum atomic E-state index is 13.5. The van der Waals surface area contributed by atoms with E-state index in [9.17, 15) is 27.6 Å². The summed E-state index contributed by atoms with van der Waals surface area (Å²) in [6.45, 7) is 8.84. The van der Waals surface area contributed by atoms with E-state index in [0.29, 0.717) is 65.0 Å². The highest BCUT2D eigenvalue weighted by Gasteiger charge is 2.46. The van der Waals surface area contributed by atoms with Crippen LogP contribution in [0.1, 0.15) is 92.0 Å². The molecule has 1 aliphatic carbocycles. The fourth-order valence-corrected chi connectivity index (χ4v) is 11.7. The van der Waals surface area contributed by atoms with Crippen molar-refractivity contribution < 1.29 is 27.6 Å². The number of fused-ring (bicyclic) bond motifs is 5. The van der Waals surface area contributed by atoms with Crippen molar-refractivity contribution in [1.29, 1.82) is 0 Å². The van der Waals surface area contributed by atoms with Crippen LogP contribution in [0.5, 0.6) is 0 Å². The molecule has 19 nitrogen and oxygen atoms in total. The van der Waals surface area contributed by atoms with Crippen LogP contribution in [0.15, 0.2) is 55.1 Å². The third kappa shape index (κ3) is 7.06. The van der Waals surface area contributed by atoms with Gasteiger partial charge in [-0.3, -0.25) is 39.0 Å². The number of hydrogen-bond acceptors (Lipinski definition) is 15. The summed E-state index contributed by atoms with van der Waals surface area (Å²) in [7, 11) is -3.50. The van der Waals surface area contributed by atoms with E-state index in [0.717, 1.165) is 89.8 Å². The summed E-state index contributed by atoms with van der Waals surface area (Å²) in [5.41, 5.74) is 3.01. The quantitative estimate of drug-likeness (QED) is 0.181. The third-order valence-corrected chi connectivity index (χ3v) is 15.8. The number of rotatable bonds is 11. The Morgan fingerprint density at radius 2 is 1.66 bits per heavy atom. The second-order valence-electron chi connectivity index (χ2n) is 18.3. The lowest BCUT2D eigenvalue weighted by Crippen LogP contribution is -2.63. The minimum absolute atomic E-state index is 0.0890. The van der Waals surface area contributed by atoms with Crippen LogP contribution >= 0.6 is 0 Å². The smallest absolute Gasteiger partial charge is 0.262 e. The van der Waals surface area contributed by atoms with E-state index in [1.807, 2.05) is 29.1 Å². The maximum absolute atomic E-state index is 13.5. The normalized spacial score (nSPS) is 23.2. The number of nitrogens with zero attached hydrogens (tertiary/aromatic N) is 11. The lowest BCUT2D eigenvalue weighted by Gasteiger charge is -2.53. The molecule has 12 rings (SSSR count). The van der Waals surface area contributed by atoms with Crippen molar-refractivity contribution in [2.45, 2.75) is 94.6 Å². The Balaban J connectivity index is 0.725. The number of hydrogen-bond donors (Lipinski definition) is 2. The molecule has 6 aliphatic heterocycles. The Morgan fingerprint density at radius 3 is 2.41 bits per heavy atom. The molecular weight excluding hydrogens is 839 g/mol. The van der Waals surface area contributed by atoms with Gasteiger partial charge >= 0.3 is 0 Å². The standard InChI is InChI=1S/C44H49N13O6S/c1-25(2)57-36-18-38(48-37-11-14-45-40(49-37)27-19-47-55(22-27)64(62,63)31-6-7-31)46-20-34(36)41(51-57)52-15-12-26(13-16-52)21-53-23-30-4-3-29(53)24-54(30)28-5-8-32-33(17-28)44(61)56(43(32)60)35-9-10-39(58)50-42(35)59/h5,8,11,14,17-20,22,25-26,29-31,35H,3-4,6-7,9-10,12-13,15-16,21,23-24H2,1-2H3,(H,50,58,59)(H,45,46,48,49). The molecule has 2 bridgehead atoms. The first-order valence-electron chi connectivity index (χ1n) is 22.3. The minimum Gasteiger partial charge on any atom is -0.366 e. The van der Waals surface area contributed by atoms with Crippen LogP contribution < -0.4 is 20.4 Å². The molecule has 3 unspecified atom stereocenters. The molecule has 10 heterocycles. The van der Waals surface area contributed by atoms with Gasteiger partial charge in [-0.2, -0.15) is 14.3 Å².